The predicted molar refractivity (Wildman–Crippen MR) is 69.6 cm³/mol. The Bertz CT molecular complexity index is 495. The summed E-state index contributed by atoms with van der Waals surface area (Å²) in [7, 11) is 0. The van der Waals surface area contributed by atoms with Crippen LogP contribution in [-0.4, -0.2) is 0 Å². The third-order valence-corrected chi connectivity index (χ3v) is 3.63. The molecule has 0 unspecified atom stereocenters. The molecule has 76 valence electrons. The minimum absolute atomic E-state index is 0.574. The van der Waals surface area contributed by atoms with Gasteiger partial charge in [0, 0.05) is 10.0 Å². The van der Waals surface area contributed by atoms with Crippen molar-refractivity contribution in [3.8, 4) is 11.1 Å². The van der Waals surface area contributed by atoms with Crippen LogP contribution in [0.15, 0.2) is 46.9 Å². The lowest BCUT2D eigenvalue weighted by atomic mass is 10.1. The zero-order chi connectivity index (χ0) is 10.8. The second kappa shape index (κ2) is 4.56. The van der Waals surface area contributed by atoms with Crippen molar-refractivity contribution in [2.75, 3.05) is 0 Å². The van der Waals surface area contributed by atoms with Crippen molar-refractivity contribution in [2.45, 2.75) is 0 Å². The van der Waals surface area contributed by atoms with Gasteiger partial charge in [0.25, 0.3) is 0 Å². The lowest BCUT2D eigenvalue weighted by molar-refractivity contribution is 1.58. The highest BCUT2D eigenvalue weighted by Crippen LogP contribution is 2.36. The lowest BCUT2D eigenvalue weighted by Crippen LogP contribution is -1.81. The Morgan fingerprint density at radius 3 is 2.20 bits per heavy atom. The van der Waals surface area contributed by atoms with Gasteiger partial charge in [0.15, 0.2) is 0 Å². The molecule has 0 saturated carbocycles. The van der Waals surface area contributed by atoms with Crippen LogP contribution in [0.4, 0.5) is 0 Å². The number of hydrogen-bond acceptors (Lipinski definition) is 0. The molecule has 2 aromatic carbocycles. The van der Waals surface area contributed by atoms with Crippen LogP contribution in [0.25, 0.3) is 11.1 Å². The predicted octanol–water partition coefficient (Wildman–Crippen LogP) is 5.42. The Balaban J connectivity index is 2.65. The van der Waals surface area contributed by atoms with Crippen molar-refractivity contribution in [1.82, 2.24) is 0 Å². The lowest BCUT2D eigenvalue weighted by Gasteiger charge is -2.07. The van der Waals surface area contributed by atoms with Gasteiger partial charge in [0.1, 0.15) is 0 Å². The molecule has 2 aromatic rings. The molecule has 0 radical (unpaired) electrons. The Morgan fingerprint density at radius 1 is 0.800 bits per heavy atom. The van der Waals surface area contributed by atoms with E-state index >= 15 is 0 Å². The van der Waals surface area contributed by atoms with Crippen LogP contribution in [0.3, 0.4) is 0 Å². The fourth-order valence-corrected chi connectivity index (χ4v) is 2.29. The van der Waals surface area contributed by atoms with Crippen LogP contribution in [0, 0.1) is 0 Å². The second-order valence-electron chi connectivity index (χ2n) is 3.08. The molecule has 0 heterocycles. The molecule has 0 spiro atoms. The van der Waals surface area contributed by atoms with E-state index in [0.29, 0.717) is 10.0 Å². The molecule has 0 amide bonds. The van der Waals surface area contributed by atoms with E-state index in [-0.39, 0.29) is 0 Å². The van der Waals surface area contributed by atoms with Gasteiger partial charge < -0.3 is 0 Å². The van der Waals surface area contributed by atoms with Crippen molar-refractivity contribution in [3.05, 3.63) is 57.0 Å². The Morgan fingerprint density at radius 2 is 1.47 bits per heavy atom. The zero-order valence-corrected chi connectivity index (χ0v) is 10.8. The van der Waals surface area contributed by atoms with Gasteiger partial charge in [-0.1, -0.05) is 69.5 Å². The normalized spacial score (nSPS) is 10.3. The molecule has 0 N–H and O–H groups in total. The van der Waals surface area contributed by atoms with Crippen LogP contribution >= 0.6 is 39.1 Å². The van der Waals surface area contributed by atoms with Gasteiger partial charge in [-0.05, 0) is 17.7 Å². The topological polar surface area (TPSA) is 0 Å². The average molecular weight is 302 g/mol. The summed E-state index contributed by atoms with van der Waals surface area (Å²) in [5.74, 6) is 0. The van der Waals surface area contributed by atoms with E-state index in [4.69, 9.17) is 23.2 Å². The maximum Gasteiger partial charge on any atom is 0.0671 e. The molecule has 15 heavy (non-hydrogen) atoms. The summed E-state index contributed by atoms with van der Waals surface area (Å²) in [5.41, 5.74) is 1.99. The fourth-order valence-electron chi connectivity index (χ4n) is 1.39. The fraction of sp³-hybridized carbons (Fsp3) is 0. The Labute approximate surface area is 107 Å². The van der Waals surface area contributed by atoms with E-state index in [0.717, 1.165) is 15.6 Å². The third kappa shape index (κ3) is 2.20. The maximum absolute atomic E-state index is 6.15. The molecular weight excluding hydrogens is 295 g/mol. The van der Waals surface area contributed by atoms with Gasteiger partial charge in [-0.25, -0.2) is 0 Å². The van der Waals surface area contributed by atoms with Crippen molar-refractivity contribution in [2.24, 2.45) is 0 Å². The van der Waals surface area contributed by atoms with Crippen LogP contribution in [0.5, 0.6) is 0 Å². The second-order valence-corrected chi connectivity index (χ2v) is 4.72. The summed E-state index contributed by atoms with van der Waals surface area (Å²) < 4.78 is 1.01. The molecule has 0 aliphatic carbocycles. The van der Waals surface area contributed by atoms with E-state index in [1.54, 1.807) is 6.07 Å². The highest BCUT2D eigenvalue weighted by Gasteiger charge is 2.08. The van der Waals surface area contributed by atoms with Crippen LogP contribution in [0.2, 0.25) is 10.0 Å². The maximum atomic E-state index is 6.15. The summed E-state index contributed by atoms with van der Waals surface area (Å²) in [4.78, 5) is 0. The molecule has 0 atom stereocenters. The molecule has 0 saturated heterocycles. The average Bonchev–Trinajstić information content (AvgIpc) is 2.23. The molecule has 2 rings (SSSR count). The highest BCUT2D eigenvalue weighted by molar-refractivity contribution is 9.10. The van der Waals surface area contributed by atoms with Gasteiger partial charge in [-0.15, -0.1) is 0 Å². The first kappa shape index (κ1) is 11.0. The molecule has 0 bridgehead atoms. The Kier molecular flexibility index (Phi) is 3.35. The molecule has 0 aliphatic rings. The quantitative estimate of drug-likeness (QED) is 0.659. The molecule has 0 aliphatic heterocycles. The number of hydrogen-bond donors (Lipinski definition) is 0. The minimum Gasteiger partial charge on any atom is -0.0827 e. The smallest absolute Gasteiger partial charge is 0.0671 e. The number of benzene rings is 2. The van der Waals surface area contributed by atoms with Crippen molar-refractivity contribution in [3.63, 3.8) is 0 Å². The van der Waals surface area contributed by atoms with Gasteiger partial charge in [-0.3, -0.25) is 0 Å². The Hall–Kier alpha value is -0.500. The molecule has 0 fully saturated rings. The monoisotopic (exact) mass is 300 g/mol. The number of rotatable bonds is 1. The molecule has 0 aromatic heterocycles. The standard InChI is InChI=1S/C12H7BrCl2/c13-10-6-2-1-4-8(10)9-5-3-7-11(14)12(9)15/h1-7H. The van der Waals surface area contributed by atoms with E-state index in [1.807, 2.05) is 36.4 Å². The molecule has 3 heteroatoms. The number of halogens is 3. The van der Waals surface area contributed by atoms with Crippen molar-refractivity contribution < 1.29 is 0 Å². The van der Waals surface area contributed by atoms with Gasteiger partial charge in [0.05, 0.1) is 10.0 Å². The van der Waals surface area contributed by atoms with E-state index < -0.39 is 0 Å². The van der Waals surface area contributed by atoms with Gasteiger partial charge in [0.2, 0.25) is 0 Å². The summed E-state index contributed by atoms with van der Waals surface area (Å²) in [6, 6.07) is 13.5. The largest absolute Gasteiger partial charge is 0.0827 e. The first-order chi connectivity index (χ1) is 7.20. The van der Waals surface area contributed by atoms with Crippen LogP contribution < -0.4 is 0 Å². The van der Waals surface area contributed by atoms with Gasteiger partial charge in [-0.2, -0.15) is 0 Å². The summed E-state index contributed by atoms with van der Waals surface area (Å²) in [6.45, 7) is 0. The zero-order valence-electron chi connectivity index (χ0n) is 7.68. The SMILES string of the molecule is Clc1cccc(-c2ccccc2Br)c1Cl. The van der Waals surface area contributed by atoms with Crippen LogP contribution in [-0.2, 0) is 0 Å². The summed E-state index contributed by atoms with van der Waals surface area (Å²) >= 11 is 15.6. The van der Waals surface area contributed by atoms with E-state index in [2.05, 4.69) is 15.9 Å². The first-order valence-electron chi connectivity index (χ1n) is 4.39. The molecular formula is C12H7BrCl2. The first-order valence-corrected chi connectivity index (χ1v) is 5.94. The summed E-state index contributed by atoms with van der Waals surface area (Å²) in [6.07, 6.45) is 0. The highest BCUT2D eigenvalue weighted by atomic mass is 79.9. The van der Waals surface area contributed by atoms with Crippen molar-refractivity contribution >= 4 is 39.1 Å². The third-order valence-electron chi connectivity index (χ3n) is 2.12. The van der Waals surface area contributed by atoms with Crippen LogP contribution in [0.1, 0.15) is 0 Å². The van der Waals surface area contributed by atoms with Gasteiger partial charge >= 0.3 is 0 Å². The summed E-state index contributed by atoms with van der Waals surface area (Å²) in [5, 5.41) is 1.16. The van der Waals surface area contributed by atoms with E-state index in [9.17, 15) is 0 Å². The minimum atomic E-state index is 0.574. The van der Waals surface area contributed by atoms with Crippen molar-refractivity contribution in [1.29, 1.82) is 0 Å². The molecule has 0 nitrogen and oxygen atoms in total. The van der Waals surface area contributed by atoms with E-state index in [1.165, 1.54) is 0 Å².